The molecule has 2 N–H and O–H groups in total. The van der Waals surface area contributed by atoms with Crippen LogP contribution in [0.15, 0.2) is 24.3 Å². The zero-order valence-electron chi connectivity index (χ0n) is 10.2. The fourth-order valence-corrected chi connectivity index (χ4v) is 1.34. The predicted molar refractivity (Wildman–Crippen MR) is 68.9 cm³/mol. The van der Waals surface area contributed by atoms with Crippen molar-refractivity contribution in [2.45, 2.75) is 33.1 Å². The lowest BCUT2D eigenvalue weighted by molar-refractivity contribution is -0.116. The Morgan fingerprint density at radius 1 is 0.941 bits per heavy atom. The van der Waals surface area contributed by atoms with Crippen molar-refractivity contribution in [2.75, 3.05) is 10.6 Å². The predicted octanol–water partition coefficient (Wildman–Crippen LogP) is 2.77. The first-order valence-electron chi connectivity index (χ1n) is 5.85. The van der Waals surface area contributed by atoms with Crippen LogP contribution in [0.25, 0.3) is 0 Å². The van der Waals surface area contributed by atoms with Gasteiger partial charge in [0.05, 0.1) is 0 Å². The maximum Gasteiger partial charge on any atom is 0.224 e. The molecule has 0 bridgehead atoms. The van der Waals surface area contributed by atoms with Gasteiger partial charge in [-0.15, -0.1) is 0 Å². The Morgan fingerprint density at radius 3 is 1.82 bits per heavy atom. The molecule has 0 saturated heterocycles. The van der Waals surface area contributed by atoms with Crippen molar-refractivity contribution in [2.24, 2.45) is 0 Å². The normalized spacial score (nSPS) is 9.76. The number of carbonyl (C=O) groups is 2. The van der Waals surface area contributed by atoms with Crippen LogP contribution >= 0.6 is 0 Å². The second-order valence-corrected chi connectivity index (χ2v) is 3.78. The third-order valence-corrected chi connectivity index (χ3v) is 2.25. The molecule has 4 nitrogen and oxygen atoms in total. The molecule has 0 saturated carbocycles. The average Bonchev–Trinajstić information content (AvgIpc) is 2.32. The minimum Gasteiger partial charge on any atom is -0.326 e. The molecule has 17 heavy (non-hydrogen) atoms. The van der Waals surface area contributed by atoms with Gasteiger partial charge in [-0.3, -0.25) is 9.59 Å². The second kappa shape index (κ2) is 6.68. The molecule has 0 atom stereocenters. The summed E-state index contributed by atoms with van der Waals surface area (Å²) in [5.74, 6) is -0.00869. The summed E-state index contributed by atoms with van der Waals surface area (Å²) < 4.78 is 0. The summed E-state index contributed by atoms with van der Waals surface area (Å²) in [6, 6.07) is 7.10. The molecular formula is C13H18N2O2. The van der Waals surface area contributed by atoms with Gasteiger partial charge in [0.25, 0.3) is 0 Å². The van der Waals surface area contributed by atoms with Crippen molar-refractivity contribution in [3.05, 3.63) is 24.3 Å². The second-order valence-electron chi connectivity index (χ2n) is 3.78. The van der Waals surface area contributed by atoms with Crippen molar-refractivity contribution in [1.82, 2.24) is 0 Å². The van der Waals surface area contributed by atoms with Crippen molar-refractivity contribution >= 4 is 23.2 Å². The van der Waals surface area contributed by atoms with E-state index in [9.17, 15) is 9.59 Å². The maximum absolute atomic E-state index is 11.3. The number of carbonyl (C=O) groups excluding carboxylic acids is 2. The zero-order chi connectivity index (χ0) is 12.7. The van der Waals surface area contributed by atoms with E-state index >= 15 is 0 Å². The van der Waals surface area contributed by atoms with Gasteiger partial charge in [-0.2, -0.15) is 0 Å². The Labute approximate surface area is 101 Å². The van der Waals surface area contributed by atoms with Gasteiger partial charge in [-0.05, 0) is 30.7 Å². The number of benzene rings is 1. The Bertz CT molecular complexity index is 385. The Kier molecular flexibility index (Phi) is 5.20. The lowest BCUT2D eigenvalue weighted by Crippen LogP contribution is -2.11. The topological polar surface area (TPSA) is 58.2 Å². The quantitative estimate of drug-likeness (QED) is 0.823. The van der Waals surface area contributed by atoms with Gasteiger partial charge in [0, 0.05) is 24.2 Å². The van der Waals surface area contributed by atoms with Crippen molar-refractivity contribution in [1.29, 1.82) is 0 Å². The molecule has 0 aliphatic heterocycles. The number of nitrogens with one attached hydrogen (secondary N) is 2. The molecule has 0 heterocycles. The third kappa shape index (κ3) is 4.68. The molecule has 4 heteroatoms. The van der Waals surface area contributed by atoms with E-state index in [4.69, 9.17) is 0 Å². The minimum atomic E-state index is -0.0206. The zero-order valence-corrected chi connectivity index (χ0v) is 10.2. The molecule has 92 valence electrons. The van der Waals surface area contributed by atoms with Crippen LogP contribution in [0.5, 0.6) is 0 Å². The van der Waals surface area contributed by atoms with Gasteiger partial charge < -0.3 is 10.6 Å². The maximum atomic E-state index is 11.3. The number of hydrogen-bond acceptors (Lipinski definition) is 2. The molecule has 1 aromatic carbocycles. The van der Waals surface area contributed by atoms with Gasteiger partial charge in [0.1, 0.15) is 0 Å². The summed E-state index contributed by atoms with van der Waals surface area (Å²) in [6.07, 6.45) is 1.81. The van der Waals surface area contributed by atoms with Crippen LogP contribution in [0, 0.1) is 0 Å². The molecular weight excluding hydrogens is 216 g/mol. The van der Waals surface area contributed by atoms with Gasteiger partial charge in [0.2, 0.25) is 11.8 Å². The van der Waals surface area contributed by atoms with Crippen LogP contribution in [0.3, 0.4) is 0 Å². The van der Waals surface area contributed by atoms with Gasteiger partial charge in [-0.1, -0.05) is 13.8 Å². The van der Waals surface area contributed by atoms with E-state index in [1.807, 2.05) is 6.92 Å². The largest absolute Gasteiger partial charge is 0.326 e. The Balaban J connectivity index is 2.55. The highest BCUT2D eigenvalue weighted by atomic mass is 16.2. The van der Waals surface area contributed by atoms with Crippen molar-refractivity contribution in [3.8, 4) is 0 Å². The molecule has 2 amide bonds. The highest BCUT2D eigenvalue weighted by Gasteiger charge is 2.01. The summed E-state index contributed by atoms with van der Waals surface area (Å²) in [5.41, 5.74) is 1.49. The van der Waals surface area contributed by atoms with E-state index in [-0.39, 0.29) is 11.8 Å². The van der Waals surface area contributed by atoms with Crippen LogP contribution < -0.4 is 10.6 Å². The molecule has 0 spiro atoms. The number of anilines is 2. The van der Waals surface area contributed by atoms with E-state index in [1.165, 1.54) is 0 Å². The number of rotatable bonds is 5. The van der Waals surface area contributed by atoms with E-state index < -0.39 is 0 Å². The van der Waals surface area contributed by atoms with Crippen molar-refractivity contribution < 1.29 is 9.59 Å². The lowest BCUT2D eigenvalue weighted by Gasteiger charge is -2.06. The minimum absolute atomic E-state index is 0.0119. The van der Waals surface area contributed by atoms with E-state index in [0.717, 1.165) is 17.8 Å². The van der Waals surface area contributed by atoms with Crippen LogP contribution in [0.1, 0.15) is 33.1 Å². The Hall–Kier alpha value is -1.84. The standard InChI is InChI=1S/C13H18N2O2/c1-3-5-13(17)15-11-8-6-10(7-9-11)14-12(16)4-2/h6-9H,3-5H2,1-2H3,(H,14,16)(H,15,17). The molecule has 0 radical (unpaired) electrons. The number of hydrogen-bond donors (Lipinski definition) is 2. The fourth-order valence-electron chi connectivity index (χ4n) is 1.34. The molecule has 0 aliphatic rings. The van der Waals surface area contributed by atoms with E-state index in [0.29, 0.717) is 12.8 Å². The van der Waals surface area contributed by atoms with Crippen LogP contribution in [-0.2, 0) is 9.59 Å². The summed E-state index contributed by atoms with van der Waals surface area (Å²) in [4.78, 5) is 22.5. The summed E-state index contributed by atoms with van der Waals surface area (Å²) in [6.45, 7) is 3.76. The number of amides is 2. The van der Waals surface area contributed by atoms with Crippen LogP contribution in [0.2, 0.25) is 0 Å². The molecule has 0 aromatic heterocycles. The average molecular weight is 234 g/mol. The van der Waals surface area contributed by atoms with Crippen molar-refractivity contribution in [3.63, 3.8) is 0 Å². The lowest BCUT2D eigenvalue weighted by atomic mass is 10.2. The van der Waals surface area contributed by atoms with E-state index in [2.05, 4.69) is 10.6 Å². The summed E-state index contributed by atoms with van der Waals surface area (Å²) >= 11 is 0. The highest BCUT2D eigenvalue weighted by molar-refractivity contribution is 5.92. The third-order valence-electron chi connectivity index (χ3n) is 2.25. The molecule has 1 rings (SSSR count). The summed E-state index contributed by atoms with van der Waals surface area (Å²) in [5, 5.41) is 5.53. The smallest absolute Gasteiger partial charge is 0.224 e. The molecule has 0 aliphatic carbocycles. The molecule has 1 aromatic rings. The van der Waals surface area contributed by atoms with Gasteiger partial charge >= 0.3 is 0 Å². The SMILES string of the molecule is CCCC(=O)Nc1ccc(NC(=O)CC)cc1. The highest BCUT2D eigenvalue weighted by Crippen LogP contribution is 2.14. The first-order valence-corrected chi connectivity index (χ1v) is 5.85. The monoisotopic (exact) mass is 234 g/mol. The van der Waals surface area contributed by atoms with E-state index in [1.54, 1.807) is 31.2 Å². The summed E-state index contributed by atoms with van der Waals surface area (Å²) in [7, 11) is 0. The fraction of sp³-hybridized carbons (Fsp3) is 0.385. The van der Waals surface area contributed by atoms with Crippen LogP contribution in [-0.4, -0.2) is 11.8 Å². The van der Waals surface area contributed by atoms with Gasteiger partial charge in [0.15, 0.2) is 0 Å². The van der Waals surface area contributed by atoms with Crippen LogP contribution in [0.4, 0.5) is 11.4 Å². The Morgan fingerprint density at radius 2 is 1.41 bits per heavy atom. The van der Waals surface area contributed by atoms with Gasteiger partial charge in [-0.25, -0.2) is 0 Å². The molecule has 0 unspecified atom stereocenters. The first-order chi connectivity index (χ1) is 8.15. The molecule has 0 fully saturated rings. The first kappa shape index (κ1) is 13.2.